The lowest BCUT2D eigenvalue weighted by molar-refractivity contribution is -0.697. The monoisotopic (exact) mass is 279 g/mol. The maximum absolute atomic E-state index is 9.75. The third-order valence-electron chi connectivity index (χ3n) is 2.51. The van der Waals surface area contributed by atoms with Crippen molar-refractivity contribution >= 4 is 7.25 Å². The zero-order valence-electron chi connectivity index (χ0n) is 11.6. The molecule has 0 spiro atoms. The van der Waals surface area contributed by atoms with Gasteiger partial charge in [0.1, 0.15) is 6.54 Å². The molecule has 0 aliphatic heterocycles. The Morgan fingerprint density at radius 3 is 2.16 bits per heavy atom. The van der Waals surface area contributed by atoms with E-state index in [0.29, 0.717) is 0 Å². The van der Waals surface area contributed by atoms with Crippen LogP contribution in [0, 0.1) is 0 Å². The van der Waals surface area contributed by atoms with Crippen LogP contribution in [0.25, 0.3) is 0 Å². The van der Waals surface area contributed by atoms with Crippen molar-refractivity contribution in [2.45, 2.75) is 52.5 Å². The number of aromatic nitrogens is 1. The number of pyridine rings is 1. The average Bonchev–Trinajstić information content (AvgIpc) is 2.32. The van der Waals surface area contributed by atoms with Gasteiger partial charge in [-0.15, -0.1) is 0 Å². The Morgan fingerprint density at radius 2 is 1.63 bits per heavy atom. The lowest BCUT2D eigenvalue weighted by Crippen LogP contribution is -2.33. The standard InChI is InChI=1S/C13H22N.BF4/c1-3-5-8-13-9-7-11-14(12-13)10-6-4-2;2-1(3,4)5/h7,9,11-12H,3-6,8,10H2,1-2H3;/q+1;-1. The number of nitrogens with zero attached hydrogens (tertiary/aromatic N) is 1. The molecule has 0 saturated heterocycles. The molecule has 0 atom stereocenters. The summed E-state index contributed by atoms with van der Waals surface area (Å²) in [6.45, 7) is 5.64. The summed E-state index contributed by atoms with van der Waals surface area (Å²) in [7, 11) is -6.00. The van der Waals surface area contributed by atoms with Crippen LogP contribution < -0.4 is 4.57 Å². The zero-order chi connectivity index (χ0) is 14.7. The Hall–Kier alpha value is -1.07. The second-order valence-electron chi connectivity index (χ2n) is 4.40. The SMILES string of the molecule is CCCCc1ccc[n+](CCCC)c1.F[B-](F)(F)F. The topological polar surface area (TPSA) is 3.88 Å². The molecule has 0 amide bonds. The number of hydrogen-bond donors (Lipinski definition) is 0. The first-order valence-corrected chi connectivity index (χ1v) is 6.72. The van der Waals surface area contributed by atoms with Crippen molar-refractivity contribution in [3.8, 4) is 0 Å². The quantitative estimate of drug-likeness (QED) is 0.412. The molecule has 6 heteroatoms. The van der Waals surface area contributed by atoms with E-state index in [0.717, 1.165) is 6.54 Å². The van der Waals surface area contributed by atoms with Crippen LogP contribution in [0.3, 0.4) is 0 Å². The number of hydrogen-bond acceptors (Lipinski definition) is 0. The van der Waals surface area contributed by atoms with Gasteiger partial charge in [-0.1, -0.05) is 26.7 Å². The third-order valence-corrected chi connectivity index (χ3v) is 2.51. The number of aryl methyl sites for hydroxylation is 2. The minimum absolute atomic E-state index is 1.16. The summed E-state index contributed by atoms with van der Waals surface area (Å²) in [4.78, 5) is 0. The van der Waals surface area contributed by atoms with E-state index in [-0.39, 0.29) is 0 Å². The van der Waals surface area contributed by atoms with Gasteiger partial charge < -0.3 is 17.3 Å². The lowest BCUT2D eigenvalue weighted by atomic mass is 10.1. The molecule has 1 nitrogen and oxygen atoms in total. The van der Waals surface area contributed by atoms with Gasteiger partial charge in [0.15, 0.2) is 12.4 Å². The lowest BCUT2D eigenvalue weighted by Gasteiger charge is -1.99. The van der Waals surface area contributed by atoms with Crippen LogP contribution in [-0.4, -0.2) is 7.25 Å². The van der Waals surface area contributed by atoms with Gasteiger partial charge in [-0.05, 0) is 18.9 Å². The van der Waals surface area contributed by atoms with Gasteiger partial charge in [0.05, 0.1) is 0 Å². The smallest absolute Gasteiger partial charge is 0.418 e. The molecule has 0 radical (unpaired) electrons. The Kier molecular flexibility index (Phi) is 9.26. The second-order valence-corrected chi connectivity index (χ2v) is 4.40. The largest absolute Gasteiger partial charge is 0.673 e. The van der Waals surface area contributed by atoms with Gasteiger partial charge >= 0.3 is 7.25 Å². The van der Waals surface area contributed by atoms with Crippen LogP contribution in [0.4, 0.5) is 17.3 Å². The van der Waals surface area contributed by atoms with E-state index in [2.05, 4.69) is 42.9 Å². The van der Waals surface area contributed by atoms with Gasteiger partial charge in [-0.25, -0.2) is 4.57 Å². The van der Waals surface area contributed by atoms with E-state index in [9.17, 15) is 17.3 Å². The minimum atomic E-state index is -6.00. The second kappa shape index (κ2) is 9.81. The van der Waals surface area contributed by atoms with Crippen molar-refractivity contribution in [3.63, 3.8) is 0 Å². The molecule has 19 heavy (non-hydrogen) atoms. The first kappa shape index (κ1) is 17.9. The molecular weight excluding hydrogens is 257 g/mol. The number of halogens is 4. The highest BCUT2D eigenvalue weighted by molar-refractivity contribution is 6.50. The molecule has 0 fully saturated rings. The van der Waals surface area contributed by atoms with Gasteiger partial charge in [-0.3, -0.25) is 0 Å². The molecular formula is C13H22BF4N. The molecule has 1 aromatic heterocycles. The summed E-state index contributed by atoms with van der Waals surface area (Å²) in [6.07, 6.45) is 10.8. The van der Waals surface area contributed by atoms with Gasteiger partial charge in [0.2, 0.25) is 0 Å². The third kappa shape index (κ3) is 13.2. The van der Waals surface area contributed by atoms with Crippen LogP contribution in [0.15, 0.2) is 24.5 Å². The molecule has 110 valence electrons. The summed E-state index contributed by atoms with van der Waals surface area (Å²) in [5.41, 5.74) is 1.48. The van der Waals surface area contributed by atoms with E-state index in [1.807, 2.05) is 0 Å². The molecule has 1 aromatic rings. The minimum Gasteiger partial charge on any atom is -0.418 e. The maximum Gasteiger partial charge on any atom is 0.673 e. The highest BCUT2D eigenvalue weighted by Crippen LogP contribution is 2.06. The molecule has 0 unspecified atom stereocenters. The van der Waals surface area contributed by atoms with Crippen molar-refractivity contribution < 1.29 is 21.8 Å². The Bertz CT molecular complexity index is 312. The molecule has 0 aromatic carbocycles. The highest BCUT2D eigenvalue weighted by Gasteiger charge is 2.20. The molecule has 0 saturated carbocycles. The van der Waals surface area contributed by atoms with Crippen LogP contribution in [0.2, 0.25) is 0 Å². The summed E-state index contributed by atoms with van der Waals surface area (Å²) in [5.74, 6) is 0. The van der Waals surface area contributed by atoms with Crippen molar-refractivity contribution in [1.29, 1.82) is 0 Å². The van der Waals surface area contributed by atoms with Crippen molar-refractivity contribution in [3.05, 3.63) is 30.1 Å². The summed E-state index contributed by atoms with van der Waals surface area (Å²) < 4.78 is 41.3. The molecule has 0 N–H and O–H groups in total. The fraction of sp³-hybridized carbons (Fsp3) is 0.615. The number of rotatable bonds is 6. The zero-order valence-corrected chi connectivity index (χ0v) is 11.6. The highest BCUT2D eigenvalue weighted by atomic mass is 19.5. The normalized spacial score (nSPS) is 10.8. The van der Waals surface area contributed by atoms with Crippen LogP contribution >= 0.6 is 0 Å². The van der Waals surface area contributed by atoms with Crippen molar-refractivity contribution in [2.75, 3.05) is 0 Å². The van der Waals surface area contributed by atoms with Crippen molar-refractivity contribution in [2.24, 2.45) is 0 Å². The van der Waals surface area contributed by atoms with E-state index in [4.69, 9.17) is 0 Å². The molecule has 0 aliphatic carbocycles. The first-order chi connectivity index (χ1) is 8.86. The Balaban J connectivity index is 0.000000555. The fourth-order valence-corrected chi connectivity index (χ4v) is 1.58. The van der Waals surface area contributed by atoms with Crippen molar-refractivity contribution in [1.82, 2.24) is 0 Å². The molecule has 1 heterocycles. The van der Waals surface area contributed by atoms with Crippen LogP contribution in [0.5, 0.6) is 0 Å². The van der Waals surface area contributed by atoms with Crippen LogP contribution in [-0.2, 0) is 13.0 Å². The van der Waals surface area contributed by atoms with Crippen LogP contribution in [0.1, 0.15) is 45.1 Å². The molecule has 0 bridgehead atoms. The average molecular weight is 279 g/mol. The Morgan fingerprint density at radius 1 is 1.05 bits per heavy atom. The van der Waals surface area contributed by atoms with E-state index in [1.165, 1.54) is 37.7 Å². The predicted molar refractivity (Wildman–Crippen MR) is 70.3 cm³/mol. The predicted octanol–water partition coefficient (Wildman–Crippen LogP) is 4.42. The number of unbranched alkanes of at least 4 members (excludes halogenated alkanes) is 2. The van der Waals surface area contributed by atoms with E-state index >= 15 is 0 Å². The summed E-state index contributed by atoms with van der Waals surface area (Å²) >= 11 is 0. The molecule has 0 aliphatic rings. The van der Waals surface area contributed by atoms with Gasteiger partial charge in [-0.2, -0.15) is 0 Å². The summed E-state index contributed by atoms with van der Waals surface area (Å²) in [6, 6.07) is 4.40. The van der Waals surface area contributed by atoms with Gasteiger partial charge in [0.25, 0.3) is 0 Å². The Labute approximate surface area is 112 Å². The molecule has 1 rings (SSSR count). The summed E-state index contributed by atoms with van der Waals surface area (Å²) in [5, 5.41) is 0. The van der Waals surface area contributed by atoms with E-state index in [1.54, 1.807) is 0 Å². The first-order valence-electron chi connectivity index (χ1n) is 6.72. The maximum atomic E-state index is 9.75. The van der Waals surface area contributed by atoms with E-state index < -0.39 is 7.25 Å². The fourth-order valence-electron chi connectivity index (χ4n) is 1.58. The van der Waals surface area contributed by atoms with Gasteiger partial charge in [0, 0.05) is 18.1 Å².